The second-order valence-electron chi connectivity index (χ2n) is 9.78. The van der Waals surface area contributed by atoms with Crippen LogP contribution in [0, 0.1) is 0 Å². The van der Waals surface area contributed by atoms with Crippen molar-refractivity contribution in [1.82, 2.24) is 0 Å². The number of phenolic OH excluding ortho intramolecular Hbond substituents is 1. The molecule has 0 aromatic heterocycles. The number of aliphatic hydroxyl groups excluding tert-OH is 1. The summed E-state index contributed by atoms with van der Waals surface area (Å²) in [5.41, 5.74) is 2.94. The van der Waals surface area contributed by atoms with E-state index in [0.717, 1.165) is 35.3 Å². The van der Waals surface area contributed by atoms with Gasteiger partial charge in [0.05, 0.1) is 18.8 Å². The molecule has 0 amide bonds. The van der Waals surface area contributed by atoms with Crippen LogP contribution in [0.3, 0.4) is 0 Å². The van der Waals surface area contributed by atoms with Crippen LogP contribution in [0.2, 0.25) is 0 Å². The Morgan fingerprint density at radius 1 is 1.00 bits per heavy atom. The van der Waals surface area contributed by atoms with Crippen LogP contribution >= 0.6 is 0 Å². The van der Waals surface area contributed by atoms with Crippen molar-refractivity contribution in [2.45, 2.75) is 58.2 Å². The Balaban J connectivity index is 1.60. The minimum atomic E-state index is -0.416. The summed E-state index contributed by atoms with van der Waals surface area (Å²) in [6.07, 6.45) is 6.33. The lowest BCUT2D eigenvalue weighted by Gasteiger charge is -2.29. The Hall–Kier alpha value is -3.44. The third-order valence-corrected chi connectivity index (χ3v) is 6.40. The van der Waals surface area contributed by atoms with Crippen molar-refractivity contribution in [3.63, 3.8) is 0 Å². The highest BCUT2D eigenvalue weighted by Gasteiger charge is 2.26. The van der Waals surface area contributed by atoms with E-state index in [4.69, 9.17) is 14.2 Å². The normalized spacial score (nSPS) is 14.6. The summed E-state index contributed by atoms with van der Waals surface area (Å²) in [6.45, 7) is 7.05. The van der Waals surface area contributed by atoms with Crippen molar-refractivity contribution < 1.29 is 24.4 Å². The number of aliphatic hydroxyl groups is 1. The molecule has 1 unspecified atom stereocenters. The average molecular weight is 489 g/mol. The summed E-state index contributed by atoms with van der Waals surface area (Å²) in [4.78, 5) is 0. The first-order valence-corrected chi connectivity index (χ1v) is 12.7. The molecule has 0 radical (unpaired) electrons. The molecule has 0 saturated heterocycles. The van der Waals surface area contributed by atoms with Crippen LogP contribution in [0.1, 0.15) is 61.8 Å². The Labute approximate surface area is 214 Å². The van der Waals surface area contributed by atoms with Crippen molar-refractivity contribution >= 4 is 6.08 Å². The van der Waals surface area contributed by atoms with Crippen molar-refractivity contribution in [1.29, 1.82) is 0 Å². The average Bonchev–Trinajstić information content (AvgIpc) is 2.88. The minimum absolute atomic E-state index is 0.0897. The molecular weight excluding hydrogens is 452 g/mol. The summed E-state index contributed by atoms with van der Waals surface area (Å²) in [7, 11) is 0. The number of hydrogen-bond acceptors (Lipinski definition) is 5. The van der Waals surface area contributed by atoms with E-state index in [-0.39, 0.29) is 18.3 Å². The largest absolute Gasteiger partial charge is 0.507 e. The lowest BCUT2D eigenvalue weighted by molar-refractivity contribution is 0.158. The number of phenols is 1. The second kappa shape index (κ2) is 11.5. The SMILES string of the molecule is CCCCOc1ccc(C(CO)Cc2ccc3c(c2O)C=CC(C)(C)O3)c(OCc2ccccc2)c1. The molecule has 0 saturated carbocycles. The number of fused-ring (bicyclic) bond motifs is 1. The zero-order valence-electron chi connectivity index (χ0n) is 21.4. The maximum Gasteiger partial charge on any atom is 0.131 e. The molecular formula is C31H36O5. The molecule has 0 aliphatic carbocycles. The van der Waals surface area contributed by atoms with Gasteiger partial charge in [-0.05, 0) is 62.1 Å². The van der Waals surface area contributed by atoms with Crippen LogP contribution in [0.25, 0.3) is 6.08 Å². The summed E-state index contributed by atoms with van der Waals surface area (Å²) in [5, 5.41) is 21.4. The molecule has 2 N–H and O–H groups in total. The number of benzene rings is 3. The Kier molecular flexibility index (Phi) is 8.21. The van der Waals surface area contributed by atoms with Gasteiger partial charge >= 0.3 is 0 Å². The number of rotatable bonds is 11. The fraction of sp³-hybridized carbons (Fsp3) is 0.355. The van der Waals surface area contributed by atoms with Crippen molar-refractivity contribution in [2.24, 2.45) is 0 Å². The van der Waals surface area contributed by atoms with Crippen molar-refractivity contribution in [2.75, 3.05) is 13.2 Å². The number of hydrogen-bond donors (Lipinski definition) is 2. The zero-order valence-corrected chi connectivity index (χ0v) is 21.4. The molecule has 0 bridgehead atoms. The molecule has 190 valence electrons. The lowest BCUT2D eigenvalue weighted by Crippen LogP contribution is -2.27. The van der Waals surface area contributed by atoms with Crippen molar-refractivity contribution in [3.8, 4) is 23.0 Å². The van der Waals surface area contributed by atoms with Gasteiger partial charge in [0, 0.05) is 17.5 Å². The van der Waals surface area contributed by atoms with Crippen LogP contribution in [0.15, 0.2) is 66.7 Å². The van der Waals surface area contributed by atoms with Gasteiger partial charge < -0.3 is 24.4 Å². The van der Waals surface area contributed by atoms with Gasteiger partial charge in [0.1, 0.15) is 35.2 Å². The second-order valence-corrected chi connectivity index (χ2v) is 9.78. The standard InChI is InChI=1S/C31H36O5/c1-4-5-17-34-25-12-13-26(29(19-25)35-21-22-9-7-6-8-10-22)24(20-32)18-23-11-14-28-27(30(23)33)15-16-31(2,3)36-28/h6-16,19,24,32-33H,4-5,17-18,20-21H2,1-3H3. The van der Waals surface area contributed by atoms with E-state index >= 15 is 0 Å². The number of ether oxygens (including phenoxy) is 3. The van der Waals surface area contributed by atoms with E-state index in [1.807, 2.05) is 86.7 Å². The van der Waals surface area contributed by atoms with Gasteiger partial charge in [-0.1, -0.05) is 55.8 Å². The fourth-order valence-electron chi connectivity index (χ4n) is 4.33. The molecule has 4 rings (SSSR count). The molecule has 1 heterocycles. The first-order chi connectivity index (χ1) is 17.4. The van der Waals surface area contributed by atoms with Gasteiger partial charge in [0.15, 0.2) is 0 Å². The van der Waals surface area contributed by atoms with Crippen LogP contribution in [-0.2, 0) is 13.0 Å². The molecule has 5 nitrogen and oxygen atoms in total. The van der Waals surface area contributed by atoms with Gasteiger partial charge in [0.2, 0.25) is 0 Å². The van der Waals surface area contributed by atoms with E-state index < -0.39 is 5.60 Å². The number of aromatic hydroxyl groups is 1. The summed E-state index contributed by atoms with van der Waals surface area (Å²) in [5.74, 6) is 1.99. The molecule has 36 heavy (non-hydrogen) atoms. The topological polar surface area (TPSA) is 68.2 Å². The van der Waals surface area contributed by atoms with E-state index in [1.54, 1.807) is 0 Å². The highest BCUT2D eigenvalue weighted by atomic mass is 16.5. The molecule has 1 aliphatic rings. The molecule has 1 atom stereocenters. The smallest absolute Gasteiger partial charge is 0.131 e. The predicted molar refractivity (Wildman–Crippen MR) is 143 cm³/mol. The predicted octanol–water partition coefficient (Wildman–Crippen LogP) is 6.65. The van der Waals surface area contributed by atoms with E-state index in [1.165, 1.54) is 0 Å². The van der Waals surface area contributed by atoms with Crippen molar-refractivity contribution in [3.05, 3.63) is 89.0 Å². The summed E-state index contributed by atoms with van der Waals surface area (Å²) < 4.78 is 18.2. The summed E-state index contributed by atoms with van der Waals surface area (Å²) >= 11 is 0. The van der Waals surface area contributed by atoms with Gasteiger partial charge in [-0.25, -0.2) is 0 Å². The van der Waals surface area contributed by atoms with Gasteiger partial charge in [-0.15, -0.1) is 0 Å². The minimum Gasteiger partial charge on any atom is -0.507 e. The Bertz CT molecular complexity index is 1180. The van der Waals surface area contributed by atoms with Gasteiger partial charge in [0.25, 0.3) is 0 Å². The van der Waals surface area contributed by atoms with Crippen LogP contribution in [0.4, 0.5) is 0 Å². The van der Waals surface area contributed by atoms with E-state index in [2.05, 4.69) is 6.92 Å². The number of unbranched alkanes of at least 4 members (excludes halogenated alkanes) is 1. The molecule has 0 fully saturated rings. The van der Waals surface area contributed by atoms with E-state index in [9.17, 15) is 10.2 Å². The van der Waals surface area contributed by atoms with E-state index in [0.29, 0.717) is 36.7 Å². The quantitative estimate of drug-likeness (QED) is 0.296. The third-order valence-electron chi connectivity index (χ3n) is 6.40. The lowest BCUT2D eigenvalue weighted by atomic mass is 9.89. The Morgan fingerprint density at radius 2 is 1.81 bits per heavy atom. The Morgan fingerprint density at radius 3 is 2.56 bits per heavy atom. The highest BCUT2D eigenvalue weighted by molar-refractivity contribution is 5.68. The van der Waals surface area contributed by atoms with Crippen LogP contribution in [-0.4, -0.2) is 29.0 Å². The third kappa shape index (κ3) is 6.21. The fourth-order valence-corrected chi connectivity index (χ4v) is 4.33. The maximum atomic E-state index is 11.0. The first kappa shape index (κ1) is 25.6. The monoisotopic (exact) mass is 488 g/mol. The maximum absolute atomic E-state index is 11.0. The van der Waals surface area contributed by atoms with Gasteiger partial charge in [-0.2, -0.15) is 0 Å². The first-order valence-electron chi connectivity index (χ1n) is 12.7. The molecule has 0 spiro atoms. The zero-order chi connectivity index (χ0) is 25.5. The molecule has 3 aromatic rings. The van der Waals surface area contributed by atoms with Crippen LogP contribution in [0.5, 0.6) is 23.0 Å². The van der Waals surface area contributed by atoms with Gasteiger partial charge in [-0.3, -0.25) is 0 Å². The van der Waals surface area contributed by atoms with Crippen LogP contribution < -0.4 is 14.2 Å². The highest BCUT2D eigenvalue weighted by Crippen LogP contribution is 2.41. The summed E-state index contributed by atoms with van der Waals surface area (Å²) in [6, 6.07) is 19.5. The molecule has 3 aromatic carbocycles. The molecule has 1 aliphatic heterocycles. The molecule has 5 heteroatoms.